The molecule has 2 aromatic rings. The van der Waals surface area contributed by atoms with Gasteiger partial charge in [0.1, 0.15) is 5.82 Å². The van der Waals surface area contributed by atoms with Gasteiger partial charge in [0.25, 0.3) is 0 Å². The summed E-state index contributed by atoms with van der Waals surface area (Å²) in [5.74, 6) is -16.4. The summed E-state index contributed by atoms with van der Waals surface area (Å²) in [7, 11) is 0. The lowest BCUT2D eigenvalue weighted by molar-refractivity contribution is -0.0133. The third-order valence-electron chi connectivity index (χ3n) is 3.16. The zero-order valence-corrected chi connectivity index (χ0v) is 11.2. The molecule has 0 atom stereocenters. The van der Waals surface area contributed by atoms with Crippen molar-refractivity contribution in [3.05, 3.63) is 63.5 Å². The lowest BCUT2D eigenvalue weighted by Crippen LogP contribution is -2.09. The maximum atomic E-state index is 13.8. The first-order valence-corrected chi connectivity index (χ1v) is 5.99. The Bertz CT molecular complexity index is 835. The Balaban J connectivity index is 2.70. The molecular formula is C14H4F8O2. The quantitative estimate of drug-likeness (QED) is 0.353. The number of aldehydes is 1. The van der Waals surface area contributed by atoms with Gasteiger partial charge in [-0.25, -0.2) is 26.3 Å². The summed E-state index contributed by atoms with van der Waals surface area (Å²) in [4.78, 5) is 13.3. The Hall–Kier alpha value is -2.65. The average molecular weight is 356 g/mol. The maximum Gasteiger partial charge on any atom is 0.217 e. The van der Waals surface area contributed by atoms with E-state index in [4.69, 9.17) is 0 Å². The van der Waals surface area contributed by atoms with E-state index >= 15 is 0 Å². The molecule has 2 rings (SSSR count). The fourth-order valence-electron chi connectivity index (χ4n) is 1.97. The number of rotatable bonds is 4. The van der Waals surface area contributed by atoms with Crippen molar-refractivity contribution in [3.63, 3.8) is 0 Å². The highest BCUT2D eigenvalue weighted by Crippen LogP contribution is 2.34. The van der Waals surface area contributed by atoms with Crippen LogP contribution in [-0.2, 0) is 6.42 Å². The third kappa shape index (κ3) is 2.68. The van der Waals surface area contributed by atoms with Gasteiger partial charge in [-0.15, -0.1) is 0 Å². The van der Waals surface area contributed by atoms with Crippen LogP contribution in [-0.4, -0.2) is 6.29 Å². The van der Waals surface area contributed by atoms with Crippen LogP contribution in [0, 0.1) is 40.7 Å². The molecule has 0 spiro atoms. The van der Waals surface area contributed by atoms with Crippen LogP contribution < -0.4 is 4.94 Å². The summed E-state index contributed by atoms with van der Waals surface area (Å²) >= 11 is 0. The van der Waals surface area contributed by atoms with E-state index in [-0.39, 0.29) is 12.4 Å². The van der Waals surface area contributed by atoms with E-state index in [1.54, 1.807) is 0 Å². The van der Waals surface area contributed by atoms with Gasteiger partial charge in [0.15, 0.2) is 29.6 Å². The molecule has 0 bridgehead atoms. The van der Waals surface area contributed by atoms with Gasteiger partial charge in [0.05, 0.1) is 5.56 Å². The van der Waals surface area contributed by atoms with Crippen molar-refractivity contribution in [3.8, 4) is 5.75 Å². The molecule has 2 aromatic carbocycles. The predicted octanol–water partition coefficient (Wildman–Crippen LogP) is 4.33. The second-order valence-corrected chi connectivity index (χ2v) is 4.49. The largest absolute Gasteiger partial charge is 0.298 e. The highest BCUT2D eigenvalue weighted by Gasteiger charge is 2.29. The first kappa shape index (κ1) is 17.7. The number of hydrogen-bond acceptors (Lipinski definition) is 2. The lowest BCUT2D eigenvalue weighted by atomic mass is 10.00. The molecule has 0 fully saturated rings. The minimum absolute atomic E-state index is 0.209. The number of benzene rings is 2. The fourth-order valence-corrected chi connectivity index (χ4v) is 1.97. The second-order valence-electron chi connectivity index (χ2n) is 4.49. The Kier molecular flexibility index (Phi) is 4.76. The van der Waals surface area contributed by atoms with Crippen LogP contribution in [0.4, 0.5) is 35.3 Å². The smallest absolute Gasteiger partial charge is 0.217 e. The molecule has 128 valence electrons. The Labute approximate surface area is 128 Å². The van der Waals surface area contributed by atoms with E-state index in [9.17, 15) is 40.1 Å². The minimum Gasteiger partial charge on any atom is -0.298 e. The van der Waals surface area contributed by atoms with Gasteiger partial charge >= 0.3 is 0 Å². The van der Waals surface area contributed by atoms with Crippen LogP contribution in [0.2, 0.25) is 0 Å². The van der Waals surface area contributed by atoms with E-state index in [0.29, 0.717) is 0 Å². The van der Waals surface area contributed by atoms with Gasteiger partial charge in [-0.05, 0) is 6.07 Å². The standard InChI is InChI=1S/C14H4F8O2/c15-7-1-4(3-23)8(16)9(17)5(7)2-6-10(18)11(19)12(20)13(21)14(6)24-22/h1,3H,2H2. The van der Waals surface area contributed by atoms with Gasteiger partial charge in [0.2, 0.25) is 17.4 Å². The van der Waals surface area contributed by atoms with Crippen LogP contribution in [0.3, 0.4) is 0 Å². The van der Waals surface area contributed by atoms with Crippen molar-refractivity contribution in [2.24, 2.45) is 0 Å². The van der Waals surface area contributed by atoms with Crippen LogP contribution in [0.5, 0.6) is 5.75 Å². The molecule has 0 aromatic heterocycles. The summed E-state index contributed by atoms with van der Waals surface area (Å²) in [6.07, 6.45) is -1.63. The van der Waals surface area contributed by atoms with E-state index in [1.807, 2.05) is 0 Å². The number of carbonyl (C=O) groups excluding carboxylic acids is 1. The molecule has 24 heavy (non-hydrogen) atoms. The zero-order valence-electron chi connectivity index (χ0n) is 11.2. The van der Waals surface area contributed by atoms with Gasteiger partial charge < -0.3 is 0 Å². The highest BCUT2D eigenvalue weighted by atomic mass is 19.3. The summed E-state index contributed by atoms with van der Waals surface area (Å²) in [6.45, 7) is 0. The SMILES string of the molecule is O=Cc1cc(F)c(Cc2c(F)c(F)c(F)c(F)c2OF)c(F)c1F. The van der Waals surface area contributed by atoms with Crippen molar-refractivity contribution >= 4 is 6.29 Å². The highest BCUT2D eigenvalue weighted by molar-refractivity contribution is 5.75. The molecule has 0 unspecified atom stereocenters. The third-order valence-corrected chi connectivity index (χ3v) is 3.16. The van der Waals surface area contributed by atoms with E-state index in [1.165, 1.54) is 0 Å². The monoisotopic (exact) mass is 356 g/mol. The van der Waals surface area contributed by atoms with Crippen molar-refractivity contribution in [2.75, 3.05) is 0 Å². The number of carbonyl (C=O) groups is 1. The molecule has 0 saturated carbocycles. The van der Waals surface area contributed by atoms with Gasteiger partial charge in [0, 0.05) is 22.1 Å². The number of halogens is 8. The Morgan fingerprint density at radius 1 is 0.792 bits per heavy atom. The molecular weight excluding hydrogens is 352 g/mol. The molecule has 0 radical (unpaired) electrons. The molecule has 0 N–H and O–H groups in total. The lowest BCUT2D eigenvalue weighted by Gasteiger charge is -2.12. The van der Waals surface area contributed by atoms with Crippen molar-refractivity contribution in [1.82, 2.24) is 0 Å². The molecule has 2 nitrogen and oxygen atoms in total. The predicted molar refractivity (Wildman–Crippen MR) is 62.5 cm³/mol. The normalized spacial score (nSPS) is 10.8. The maximum absolute atomic E-state index is 13.8. The molecule has 0 amide bonds. The van der Waals surface area contributed by atoms with E-state index in [2.05, 4.69) is 4.94 Å². The Morgan fingerprint density at radius 2 is 1.33 bits per heavy atom. The zero-order chi connectivity index (χ0) is 18.2. The first-order valence-electron chi connectivity index (χ1n) is 5.99. The van der Waals surface area contributed by atoms with Crippen molar-refractivity contribution in [2.45, 2.75) is 6.42 Å². The number of hydrogen-bond donors (Lipinski definition) is 0. The topological polar surface area (TPSA) is 26.3 Å². The molecule has 0 aliphatic rings. The summed E-state index contributed by atoms with van der Waals surface area (Å²) in [5, 5.41) is 0. The average Bonchev–Trinajstić information content (AvgIpc) is 2.57. The summed E-state index contributed by atoms with van der Waals surface area (Å²) < 4.78 is 106. The van der Waals surface area contributed by atoms with Crippen molar-refractivity contribution in [1.29, 1.82) is 0 Å². The van der Waals surface area contributed by atoms with Crippen LogP contribution in [0.1, 0.15) is 21.5 Å². The van der Waals surface area contributed by atoms with Gasteiger partial charge in [-0.2, -0.15) is 4.39 Å². The van der Waals surface area contributed by atoms with Crippen molar-refractivity contribution < 1.29 is 45.0 Å². The van der Waals surface area contributed by atoms with Crippen LogP contribution in [0.25, 0.3) is 0 Å². The summed E-state index contributed by atoms with van der Waals surface area (Å²) in [5.41, 5.74) is -3.71. The molecule has 0 aliphatic carbocycles. The summed E-state index contributed by atoms with van der Waals surface area (Å²) in [6, 6.07) is 0.241. The van der Waals surface area contributed by atoms with E-state index in [0.717, 1.165) is 0 Å². The first-order chi connectivity index (χ1) is 11.2. The van der Waals surface area contributed by atoms with Crippen LogP contribution in [0.15, 0.2) is 6.07 Å². The second kappa shape index (κ2) is 6.46. The molecule has 0 aliphatic heterocycles. The van der Waals surface area contributed by atoms with E-state index < -0.39 is 69.6 Å². The minimum atomic E-state index is -2.41. The fraction of sp³-hybridized carbons (Fsp3) is 0.0714. The Morgan fingerprint density at radius 3 is 1.88 bits per heavy atom. The van der Waals surface area contributed by atoms with Gasteiger partial charge in [-0.3, -0.25) is 9.74 Å². The molecule has 10 heteroatoms. The molecule has 0 saturated heterocycles. The van der Waals surface area contributed by atoms with Gasteiger partial charge in [-0.1, -0.05) is 0 Å². The van der Waals surface area contributed by atoms with Crippen LogP contribution >= 0.6 is 0 Å². The molecule has 0 heterocycles.